The highest BCUT2D eigenvalue weighted by Gasteiger charge is 2.35. The van der Waals surface area contributed by atoms with Crippen LogP contribution >= 0.6 is 0 Å². The van der Waals surface area contributed by atoms with Gasteiger partial charge in [0.25, 0.3) is 0 Å². The van der Waals surface area contributed by atoms with Gasteiger partial charge in [-0.15, -0.1) is 6.58 Å². The number of benzene rings is 1. The maximum Gasteiger partial charge on any atom is 0.0405 e. The van der Waals surface area contributed by atoms with E-state index in [-0.39, 0.29) is 0 Å². The van der Waals surface area contributed by atoms with Gasteiger partial charge in [-0.2, -0.15) is 0 Å². The fraction of sp³-hybridized carbons (Fsp3) is 0.545. The van der Waals surface area contributed by atoms with Crippen LogP contribution in [0.5, 0.6) is 0 Å². The number of hydrogen-bond donors (Lipinski definition) is 1. The molecule has 1 aromatic carbocycles. The van der Waals surface area contributed by atoms with Crippen molar-refractivity contribution < 1.29 is 0 Å². The molecule has 0 amide bonds. The predicted octanol–water partition coefficient (Wildman–Crippen LogP) is 4.87. The van der Waals surface area contributed by atoms with Gasteiger partial charge < -0.3 is 10.2 Å². The first-order valence-electron chi connectivity index (χ1n) is 9.51. The summed E-state index contributed by atoms with van der Waals surface area (Å²) in [5.74, 6) is 2.29. The second kappa shape index (κ2) is 7.46. The molecule has 3 rings (SSSR count). The van der Waals surface area contributed by atoms with Gasteiger partial charge in [0.15, 0.2) is 0 Å². The quantitative estimate of drug-likeness (QED) is 0.751. The Morgan fingerprint density at radius 2 is 2.21 bits per heavy atom. The lowest BCUT2D eigenvalue weighted by molar-refractivity contribution is 0.140. The Labute approximate surface area is 147 Å². The third-order valence-corrected chi connectivity index (χ3v) is 6.18. The Kier molecular flexibility index (Phi) is 5.33. The van der Waals surface area contributed by atoms with E-state index in [2.05, 4.69) is 54.6 Å². The van der Waals surface area contributed by atoms with Crippen molar-refractivity contribution in [2.24, 2.45) is 17.8 Å². The molecule has 3 atom stereocenters. The zero-order valence-corrected chi connectivity index (χ0v) is 15.4. The molecular formula is C22H32N2. The Morgan fingerprint density at radius 1 is 1.38 bits per heavy atom. The van der Waals surface area contributed by atoms with Crippen molar-refractivity contribution in [2.45, 2.75) is 39.0 Å². The number of rotatable bonds is 6. The first-order valence-corrected chi connectivity index (χ1v) is 9.51. The highest BCUT2D eigenvalue weighted by Crippen LogP contribution is 2.42. The molecule has 1 heterocycles. The van der Waals surface area contributed by atoms with E-state index in [1.54, 1.807) is 0 Å². The van der Waals surface area contributed by atoms with Crippen molar-refractivity contribution in [1.29, 1.82) is 0 Å². The smallest absolute Gasteiger partial charge is 0.0405 e. The SMILES string of the molecule is C=CC(C)C1CCC1CN1CCCCc2ccc(C(=C)NC)cc21. The van der Waals surface area contributed by atoms with Gasteiger partial charge in [-0.25, -0.2) is 0 Å². The van der Waals surface area contributed by atoms with Gasteiger partial charge >= 0.3 is 0 Å². The van der Waals surface area contributed by atoms with Gasteiger partial charge in [0, 0.05) is 31.5 Å². The van der Waals surface area contributed by atoms with Crippen LogP contribution in [-0.2, 0) is 6.42 Å². The zero-order chi connectivity index (χ0) is 17.1. The number of hydrogen-bond acceptors (Lipinski definition) is 2. The first kappa shape index (κ1) is 17.1. The number of anilines is 1. The normalized spacial score (nSPS) is 24.3. The molecule has 3 unspecified atom stereocenters. The summed E-state index contributed by atoms with van der Waals surface area (Å²) >= 11 is 0. The molecule has 1 aliphatic carbocycles. The lowest BCUT2D eigenvalue weighted by Crippen LogP contribution is -2.40. The minimum Gasteiger partial charge on any atom is -0.388 e. The van der Waals surface area contributed by atoms with Crippen molar-refractivity contribution in [3.8, 4) is 0 Å². The van der Waals surface area contributed by atoms with Crippen LogP contribution in [0.15, 0.2) is 37.4 Å². The van der Waals surface area contributed by atoms with Crippen LogP contribution in [0.2, 0.25) is 0 Å². The summed E-state index contributed by atoms with van der Waals surface area (Å²) in [6, 6.07) is 6.88. The minimum absolute atomic E-state index is 0.644. The zero-order valence-electron chi connectivity index (χ0n) is 15.4. The summed E-state index contributed by atoms with van der Waals surface area (Å²) in [5.41, 5.74) is 5.17. The average molecular weight is 325 g/mol. The van der Waals surface area contributed by atoms with Crippen molar-refractivity contribution >= 4 is 11.4 Å². The Bertz CT molecular complexity index is 604. The summed E-state index contributed by atoms with van der Waals surface area (Å²) in [5, 5.41) is 3.19. The van der Waals surface area contributed by atoms with E-state index in [1.807, 2.05) is 7.05 Å². The monoisotopic (exact) mass is 324 g/mol. The number of aryl methyl sites for hydroxylation is 1. The molecular weight excluding hydrogens is 292 g/mol. The van der Waals surface area contributed by atoms with Gasteiger partial charge in [-0.05, 0) is 67.1 Å². The Morgan fingerprint density at radius 3 is 2.88 bits per heavy atom. The van der Waals surface area contributed by atoms with Crippen LogP contribution < -0.4 is 10.2 Å². The molecule has 0 bridgehead atoms. The molecule has 2 heteroatoms. The number of nitrogens with one attached hydrogen (secondary N) is 1. The molecule has 0 radical (unpaired) electrons. The van der Waals surface area contributed by atoms with Crippen LogP contribution in [0, 0.1) is 17.8 Å². The minimum atomic E-state index is 0.644. The van der Waals surface area contributed by atoms with Crippen LogP contribution in [0.1, 0.15) is 43.7 Å². The van der Waals surface area contributed by atoms with Gasteiger partial charge in [0.05, 0.1) is 0 Å². The fourth-order valence-corrected chi connectivity index (χ4v) is 4.30. The third kappa shape index (κ3) is 3.38. The molecule has 2 aliphatic rings. The topological polar surface area (TPSA) is 15.3 Å². The lowest BCUT2D eigenvalue weighted by atomic mass is 9.67. The van der Waals surface area contributed by atoms with Crippen LogP contribution in [0.25, 0.3) is 5.70 Å². The average Bonchev–Trinajstić information content (AvgIpc) is 2.79. The summed E-state index contributed by atoms with van der Waals surface area (Å²) in [7, 11) is 1.95. The number of fused-ring (bicyclic) bond motifs is 1. The van der Waals surface area contributed by atoms with E-state index in [0.29, 0.717) is 5.92 Å². The van der Waals surface area contributed by atoms with E-state index in [9.17, 15) is 0 Å². The summed E-state index contributed by atoms with van der Waals surface area (Å²) in [6.45, 7) is 12.9. The predicted molar refractivity (Wildman–Crippen MR) is 105 cm³/mol. The summed E-state index contributed by atoms with van der Waals surface area (Å²) < 4.78 is 0. The van der Waals surface area contributed by atoms with Crippen molar-refractivity contribution in [3.63, 3.8) is 0 Å². The second-order valence-electron chi connectivity index (χ2n) is 7.57. The van der Waals surface area contributed by atoms with E-state index in [1.165, 1.54) is 62.0 Å². The number of allylic oxidation sites excluding steroid dienone is 1. The largest absolute Gasteiger partial charge is 0.388 e. The lowest BCUT2D eigenvalue weighted by Gasteiger charge is -2.43. The number of nitrogens with zero attached hydrogens (tertiary/aromatic N) is 1. The van der Waals surface area contributed by atoms with Crippen molar-refractivity contribution in [1.82, 2.24) is 5.32 Å². The Hall–Kier alpha value is -1.70. The fourth-order valence-electron chi connectivity index (χ4n) is 4.30. The van der Waals surface area contributed by atoms with E-state index in [0.717, 1.165) is 17.5 Å². The summed E-state index contributed by atoms with van der Waals surface area (Å²) in [6.07, 6.45) is 8.68. The van der Waals surface area contributed by atoms with E-state index < -0.39 is 0 Å². The molecule has 1 fully saturated rings. The molecule has 1 N–H and O–H groups in total. The molecule has 1 aromatic rings. The molecule has 0 aromatic heterocycles. The molecule has 2 nitrogen and oxygen atoms in total. The van der Waals surface area contributed by atoms with Crippen LogP contribution in [0.4, 0.5) is 5.69 Å². The van der Waals surface area contributed by atoms with Gasteiger partial charge in [-0.3, -0.25) is 0 Å². The van der Waals surface area contributed by atoms with E-state index in [4.69, 9.17) is 0 Å². The standard InChI is InChI=1S/C22H32N2/c1-5-16(2)21-12-11-20(21)15-24-13-7-6-8-18-9-10-19(14-22(18)24)17(3)23-4/h5,9-10,14,16,20-21,23H,1,3,6-8,11-13,15H2,2,4H3. The van der Waals surface area contributed by atoms with Crippen molar-refractivity contribution in [3.05, 3.63) is 48.6 Å². The molecule has 1 aliphatic heterocycles. The molecule has 0 saturated heterocycles. The van der Waals surface area contributed by atoms with Crippen LogP contribution in [0.3, 0.4) is 0 Å². The summed E-state index contributed by atoms with van der Waals surface area (Å²) in [4.78, 5) is 2.65. The van der Waals surface area contributed by atoms with Gasteiger partial charge in [0.1, 0.15) is 0 Å². The molecule has 0 spiro atoms. The molecule has 1 saturated carbocycles. The van der Waals surface area contributed by atoms with Gasteiger partial charge in [-0.1, -0.05) is 31.7 Å². The Balaban J connectivity index is 1.82. The van der Waals surface area contributed by atoms with Crippen molar-refractivity contribution in [2.75, 3.05) is 25.0 Å². The third-order valence-electron chi connectivity index (χ3n) is 6.18. The molecule has 130 valence electrons. The van der Waals surface area contributed by atoms with E-state index >= 15 is 0 Å². The highest BCUT2D eigenvalue weighted by molar-refractivity contribution is 5.68. The van der Waals surface area contributed by atoms with Crippen LogP contribution in [-0.4, -0.2) is 20.1 Å². The second-order valence-corrected chi connectivity index (χ2v) is 7.57. The highest BCUT2D eigenvalue weighted by atomic mass is 15.1. The molecule has 24 heavy (non-hydrogen) atoms. The van der Waals surface area contributed by atoms with Gasteiger partial charge in [0.2, 0.25) is 0 Å². The maximum atomic E-state index is 4.13. The maximum absolute atomic E-state index is 4.13. The first-order chi connectivity index (χ1) is 11.6.